The molecule has 1 aliphatic carbocycles. The Morgan fingerprint density at radius 2 is 1.65 bits per heavy atom. The standard InChI is InChI=1S/C18H31N3O2/c1-19-18(23)15-8-11-20(12-9-15)13-17(22)21-10-4-6-14-5-2-3-7-16(14)21/h14-16H,2-13H2,1H3,(H,19,23). The van der Waals surface area contributed by atoms with Gasteiger partial charge >= 0.3 is 0 Å². The quantitative estimate of drug-likeness (QED) is 0.859. The van der Waals surface area contributed by atoms with Gasteiger partial charge in [-0.25, -0.2) is 0 Å². The van der Waals surface area contributed by atoms with Gasteiger partial charge < -0.3 is 10.2 Å². The van der Waals surface area contributed by atoms with Crippen molar-refractivity contribution in [3.63, 3.8) is 0 Å². The Morgan fingerprint density at radius 1 is 0.957 bits per heavy atom. The lowest BCUT2D eigenvalue weighted by atomic mass is 9.78. The molecular formula is C18H31N3O2. The molecule has 1 N–H and O–H groups in total. The predicted octanol–water partition coefficient (Wildman–Crippen LogP) is 1.63. The number of piperidine rings is 2. The van der Waals surface area contributed by atoms with Crippen LogP contribution in [0.4, 0.5) is 0 Å². The number of fused-ring (bicyclic) bond motifs is 1. The molecule has 5 heteroatoms. The van der Waals surface area contributed by atoms with Gasteiger partial charge in [-0.2, -0.15) is 0 Å². The third-order valence-corrected chi connectivity index (χ3v) is 6.13. The van der Waals surface area contributed by atoms with Crippen molar-refractivity contribution in [3.8, 4) is 0 Å². The van der Waals surface area contributed by atoms with Crippen molar-refractivity contribution in [2.75, 3.05) is 33.2 Å². The van der Waals surface area contributed by atoms with E-state index in [1.807, 2.05) is 0 Å². The Balaban J connectivity index is 1.50. The maximum Gasteiger partial charge on any atom is 0.237 e. The summed E-state index contributed by atoms with van der Waals surface area (Å²) in [4.78, 5) is 28.9. The van der Waals surface area contributed by atoms with Crippen LogP contribution in [0.15, 0.2) is 0 Å². The van der Waals surface area contributed by atoms with Crippen LogP contribution in [0.5, 0.6) is 0 Å². The fourth-order valence-electron chi connectivity index (χ4n) is 4.77. The second-order valence-electron chi connectivity index (χ2n) is 7.51. The molecule has 3 rings (SSSR count). The molecule has 3 fully saturated rings. The zero-order chi connectivity index (χ0) is 16.2. The van der Waals surface area contributed by atoms with Crippen molar-refractivity contribution in [1.82, 2.24) is 15.1 Å². The first-order chi connectivity index (χ1) is 11.2. The highest BCUT2D eigenvalue weighted by Crippen LogP contribution is 2.35. The molecule has 0 aromatic rings. The number of likely N-dealkylation sites (tertiary alicyclic amines) is 2. The van der Waals surface area contributed by atoms with E-state index in [4.69, 9.17) is 0 Å². The number of rotatable bonds is 3. The molecule has 2 aliphatic heterocycles. The summed E-state index contributed by atoms with van der Waals surface area (Å²) in [6, 6.07) is 0.508. The second-order valence-corrected chi connectivity index (χ2v) is 7.51. The van der Waals surface area contributed by atoms with Crippen molar-refractivity contribution in [2.24, 2.45) is 11.8 Å². The molecule has 23 heavy (non-hydrogen) atoms. The molecule has 0 bridgehead atoms. The van der Waals surface area contributed by atoms with E-state index < -0.39 is 0 Å². The van der Waals surface area contributed by atoms with Crippen LogP contribution in [0, 0.1) is 11.8 Å². The molecule has 5 nitrogen and oxygen atoms in total. The number of carbonyl (C=O) groups is 2. The maximum atomic E-state index is 12.8. The minimum Gasteiger partial charge on any atom is -0.359 e. The molecule has 2 saturated heterocycles. The molecule has 2 atom stereocenters. The van der Waals surface area contributed by atoms with Crippen molar-refractivity contribution in [3.05, 3.63) is 0 Å². The van der Waals surface area contributed by atoms with Crippen LogP contribution >= 0.6 is 0 Å². The summed E-state index contributed by atoms with van der Waals surface area (Å²) in [6.45, 7) is 3.23. The molecule has 0 spiro atoms. The smallest absolute Gasteiger partial charge is 0.237 e. The normalized spacial score (nSPS) is 29.9. The van der Waals surface area contributed by atoms with E-state index in [0.717, 1.165) is 38.4 Å². The average molecular weight is 321 g/mol. The van der Waals surface area contributed by atoms with Gasteiger partial charge in [-0.3, -0.25) is 14.5 Å². The number of hydrogen-bond donors (Lipinski definition) is 1. The zero-order valence-electron chi connectivity index (χ0n) is 14.4. The van der Waals surface area contributed by atoms with Crippen LogP contribution in [0.3, 0.4) is 0 Å². The van der Waals surface area contributed by atoms with Gasteiger partial charge in [-0.05, 0) is 57.5 Å². The van der Waals surface area contributed by atoms with E-state index >= 15 is 0 Å². The maximum absolute atomic E-state index is 12.8. The van der Waals surface area contributed by atoms with Gasteiger partial charge in [-0.1, -0.05) is 12.8 Å². The number of nitrogens with one attached hydrogen (secondary N) is 1. The number of carbonyl (C=O) groups excluding carboxylic acids is 2. The van der Waals surface area contributed by atoms with Gasteiger partial charge in [0.15, 0.2) is 0 Å². The Kier molecular flexibility index (Phi) is 5.57. The van der Waals surface area contributed by atoms with E-state index in [-0.39, 0.29) is 11.8 Å². The summed E-state index contributed by atoms with van der Waals surface area (Å²) in [7, 11) is 1.70. The van der Waals surface area contributed by atoms with Crippen LogP contribution < -0.4 is 5.32 Å². The Hall–Kier alpha value is -1.10. The van der Waals surface area contributed by atoms with Gasteiger partial charge in [-0.15, -0.1) is 0 Å². The largest absolute Gasteiger partial charge is 0.359 e. The molecule has 130 valence electrons. The minimum absolute atomic E-state index is 0.129. The fourth-order valence-corrected chi connectivity index (χ4v) is 4.77. The molecule has 2 heterocycles. The number of amides is 2. The van der Waals surface area contributed by atoms with Crippen molar-refractivity contribution >= 4 is 11.8 Å². The van der Waals surface area contributed by atoms with Gasteiger partial charge in [0.05, 0.1) is 6.54 Å². The molecule has 0 aromatic carbocycles. The van der Waals surface area contributed by atoms with E-state index in [1.165, 1.54) is 38.5 Å². The first kappa shape index (κ1) is 16.7. The first-order valence-corrected chi connectivity index (χ1v) is 9.42. The lowest BCUT2D eigenvalue weighted by Gasteiger charge is -2.45. The summed E-state index contributed by atoms with van der Waals surface area (Å²) in [5.41, 5.74) is 0. The topological polar surface area (TPSA) is 52.7 Å². The van der Waals surface area contributed by atoms with E-state index in [9.17, 15) is 9.59 Å². The van der Waals surface area contributed by atoms with Crippen LogP contribution in [-0.4, -0.2) is 60.9 Å². The van der Waals surface area contributed by atoms with Gasteiger partial charge in [0.2, 0.25) is 11.8 Å². The highest BCUT2D eigenvalue weighted by atomic mass is 16.2. The highest BCUT2D eigenvalue weighted by Gasteiger charge is 2.36. The summed E-state index contributed by atoms with van der Waals surface area (Å²) >= 11 is 0. The van der Waals surface area contributed by atoms with Crippen molar-refractivity contribution in [1.29, 1.82) is 0 Å². The minimum atomic E-state index is 0.129. The van der Waals surface area contributed by atoms with Crippen LogP contribution in [-0.2, 0) is 9.59 Å². The summed E-state index contributed by atoms with van der Waals surface area (Å²) in [5.74, 6) is 1.35. The third kappa shape index (κ3) is 3.87. The molecule has 2 amide bonds. The Labute approximate surface area is 139 Å². The SMILES string of the molecule is CNC(=O)C1CCN(CC(=O)N2CCCC3CCCCC32)CC1. The van der Waals surface area contributed by atoms with Gasteiger partial charge in [0, 0.05) is 25.6 Å². The molecule has 2 unspecified atom stereocenters. The first-order valence-electron chi connectivity index (χ1n) is 9.42. The van der Waals surface area contributed by atoms with E-state index in [0.29, 0.717) is 18.5 Å². The molecule has 3 aliphatic rings. The van der Waals surface area contributed by atoms with E-state index in [2.05, 4.69) is 15.1 Å². The number of hydrogen-bond acceptors (Lipinski definition) is 3. The zero-order valence-corrected chi connectivity index (χ0v) is 14.4. The Morgan fingerprint density at radius 3 is 2.39 bits per heavy atom. The van der Waals surface area contributed by atoms with Crippen molar-refractivity contribution in [2.45, 2.75) is 57.4 Å². The lowest BCUT2D eigenvalue weighted by Crippen LogP contribution is -2.53. The monoisotopic (exact) mass is 321 g/mol. The van der Waals surface area contributed by atoms with E-state index in [1.54, 1.807) is 7.05 Å². The second kappa shape index (κ2) is 7.65. The summed E-state index contributed by atoms with van der Waals surface area (Å²) < 4.78 is 0. The van der Waals surface area contributed by atoms with Crippen molar-refractivity contribution < 1.29 is 9.59 Å². The number of nitrogens with zero attached hydrogens (tertiary/aromatic N) is 2. The Bertz CT molecular complexity index is 430. The highest BCUT2D eigenvalue weighted by molar-refractivity contribution is 5.79. The van der Waals surface area contributed by atoms with Gasteiger partial charge in [0.25, 0.3) is 0 Å². The predicted molar refractivity (Wildman–Crippen MR) is 89.9 cm³/mol. The van der Waals surface area contributed by atoms with Crippen LogP contribution in [0.25, 0.3) is 0 Å². The summed E-state index contributed by atoms with van der Waals surface area (Å²) in [6.07, 6.45) is 9.37. The average Bonchev–Trinajstić information content (AvgIpc) is 2.61. The summed E-state index contributed by atoms with van der Waals surface area (Å²) in [5, 5.41) is 2.74. The van der Waals surface area contributed by atoms with Crippen LogP contribution in [0.2, 0.25) is 0 Å². The lowest BCUT2D eigenvalue weighted by molar-refractivity contribution is -0.139. The third-order valence-electron chi connectivity index (χ3n) is 6.13. The molecule has 0 aromatic heterocycles. The molecule has 1 saturated carbocycles. The molecular weight excluding hydrogens is 290 g/mol. The van der Waals surface area contributed by atoms with Gasteiger partial charge in [0.1, 0.15) is 0 Å². The fraction of sp³-hybridized carbons (Fsp3) is 0.889. The molecule has 0 radical (unpaired) electrons. The van der Waals surface area contributed by atoms with Crippen LogP contribution in [0.1, 0.15) is 51.4 Å².